The van der Waals surface area contributed by atoms with Gasteiger partial charge in [0.1, 0.15) is 12.7 Å². The van der Waals surface area contributed by atoms with E-state index in [1.165, 1.54) is 17.3 Å². The molecule has 3 aromatic heterocycles. The second kappa shape index (κ2) is 6.22. The standard InChI is InChI=1S/C11H13N9S/c1-2-14-9-17-10(15-4-8-3-12-7-21-8)19-11(18-9)20-6-13-5-16-20/h3,5-7H,2,4H2,1H3,(H2,14,15,17,18,19). The van der Waals surface area contributed by atoms with Crippen molar-refractivity contribution < 1.29 is 0 Å². The predicted octanol–water partition coefficient (Wildman–Crippen LogP) is 0.953. The van der Waals surface area contributed by atoms with Gasteiger partial charge in [-0.1, -0.05) is 0 Å². The van der Waals surface area contributed by atoms with E-state index in [-0.39, 0.29) is 0 Å². The molecule has 0 saturated carbocycles. The quantitative estimate of drug-likeness (QED) is 0.693. The lowest BCUT2D eigenvalue weighted by Gasteiger charge is -2.08. The first-order valence-corrected chi connectivity index (χ1v) is 7.19. The Labute approximate surface area is 124 Å². The molecule has 0 aliphatic carbocycles. The first-order valence-electron chi connectivity index (χ1n) is 6.31. The SMILES string of the molecule is CCNc1nc(NCc2cncs2)nc(-n2cncn2)n1. The molecule has 0 aliphatic heterocycles. The minimum absolute atomic E-state index is 0.408. The third kappa shape index (κ3) is 3.28. The molecule has 0 bridgehead atoms. The van der Waals surface area contributed by atoms with E-state index in [1.54, 1.807) is 16.8 Å². The molecule has 3 heterocycles. The van der Waals surface area contributed by atoms with Crippen molar-refractivity contribution in [3.63, 3.8) is 0 Å². The van der Waals surface area contributed by atoms with E-state index in [0.717, 1.165) is 11.4 Å². The minimum Gasteiger partial charge on any atom is -0.354 e. The van der Waals surface area contributed by atoms with Crippen molar-refractivity contribution in [3.05, 3.63) is 29.2 Å². The summed E-state index contributed by atoms with van der Waals surface area (Å²) in [4.78, 5) is 22.0. The smallest absolute Gasteiger partial charge is 0.258 e. The Hall–Kier alpha value is -2.62. The number of aromatic nitrogens is 7. The molecule has 0 amide bonds. The van der Waals surface area contributed by atoms with Crippen molar-refractivity contribution in [2.24, 2.45) is 0 Å². The minimum atomic E-state index is 0.408. The van der Waals surface area contributed by atoms with Gasteiger partial charge in [0, 0.05) is 17.6 Å². The molecule has 2 N–H and O–H groups in total. The van der Waals surface area contributed by atoms with Crippen molar-refractivity contribution in [3.8, 4) is 5.95 Å². The topological polar surface area (TPSA) is 106 Å². The lowest BCUT2D eigenvalue weighted by Crippen LogP contribution is -2.12. The summed E-state index contributed by atoms with van der Waals surface area (Å²) in [6.07, 6.45) is 4.78. The monoisotopic (exact) mass is 303 g/mol. The Bertz CT molecular complexity index is 680. The Morgan fingerprint density at radius 3 is 2.67 bits per heavy atom. The molecule has 9 nitrogen and oxygen atoms in total. The number of hydrogen-bond donors (Lipinski definition) is 2. The third-order valence-electron chi connectivity index (χ3n) is 2.49. The molecule has 0 fully saturated rings. The van der Waals surface area contributed by atoms with Crippen molar-refractivity contribution in [2.45, 2.75) is 13.5 Å². The van der Waals surface area contributed by atoms with Crippen LogP contribution in [0.15, 0.2) is 24.4 Å². The van der Waals surface area contributed by atoms with Crippen molar-refractivity contribution >= 4 is 23.2 Å². The van der Waals surface area contributed by atoms with Crippen LogP contribution in [0.3, 0.4) is 0 Å². The molecule has 10 heteroatoms. The molecule has 0 spiro atoms. The maximum atomic E-state index is 4.33. The maximum absolute atomic E-state index is 4.33. The highest BCUT2D eigenvalue weighted by atomic mass is 32.1. The van der Waals surface area contributed by atoms with Gasteiger partial charge in [0.05, 0.1) is 12.1 Å². The van der Waals surface area contributed by atoms with Gasteiger partial charge in [0.2, 0.25) is 11.9 Å². The first-order chi connectivity index (χ1) is 10.3. The molecule has 0 aromatic carbocycles. The van der Waals surface area contributed by atoms with Crippen LogP contribution in [0.25, 0.3) is 5.95 Å². The van der Waals surface area contributed by atoms with E-state index in [1.807, 2.05) is 13.1 Å². The van der Waals surface area contributed by atoms with Gasteiger partial charge in [-0.3, -0.25) is 4.98 Å². The maximum Gasteiger partial charge on any atom is 0.258 e. The Balaban J connectivity index is 1.84. The predicted molar refractivity (Wildman–Crippen MR) is 78.3 cm³/mol. The van der Waals surface area contributed by atoms with Crippen LogP contribution in [0.4, 0.5) is 11.9 Å². The Morgan fingerprint density at radius 2 is 2.00 bits per heavy atom. The summed E-state index contributed by atoms with van der Waals surface area (Å²) in [5.41, 5.74) is 1.79. The highest BCUT2D eigenvalue weighted by Gasteiger charge is 2.08. The van der Waals surface area contributed by atoms with Gasteiger partial charge in [-0.25, -0.2) is 4.98 Å². The lowest BCUT2D eigenvalue weighted by atomic mass is 10.5. The molecular formula is C11H13N9S. The van der Waals surface area contributed by atoms with Gasteiger partial charge in [-0.2, -0.15) is 24.7 Å². The van der Waals surface area contributed by atoms with Gasteiger partial charge in [0.15, 0.2) is 0 Å². The third-order valence-corrected chi connectivity index (χ3v) is 3.27. The van der Waals surface area contributed by atoms with Crippen LogP contribution in [0.5, 0.6) is 0 Å². The summed E-state index contributed by atoms with van der Waals surface area (Å²) >= 11 is 1.57. The Morgan fingerprint density at radius 1 is 1.14 bits per heavy atom. The summed E-state index contributed by atoms with van der Waals surface area (Å²) < 4.78 is 1.49. The molecular weight excluding hydrogens is 290 g/mol. The summed E-state index contributed by atoms with van der Waals surface area (Å²) in [7, 11) is 0. The number of hydrogen-bond acceptors (Lipinski definition) is 9. The molecule has 108 valence electrons. The largest absolute Gasteiger partial charge is 0.354 e. The van der Waals surface area contributed by atoms with Crippen LogP contribution in [0.2, 0.25) is 0 Å². The lowest BCUT2D eigenvalue weighted by molar-refractivity contribution is 0.794. The van der Waals surface area contributed by atoms with Crippen molar-refractivity contribution in [1.82, 2.24) is 34.7 Å². The second-order valence-electron chi connectivity index (χ2n) is 3.97. The summed E-state index contributed by atoms with van der Waals surface area (Å²) in [5, 5.41) is 10.3. The van der Waals surface area contributed by atoms with E-state index < -0.39 is 0 Å². The molecule has 0 saturated heterocycles. The number of rotatable bonds is 6. The van der Waals surface area contributed by atoms with E-state index in [9.17, 15) is 0 Å². The van der Waals surface area contributed by atoms with Gasteiger partial charge in [0.25, 0.3) is 5.95 Å². The number of anilines is 2. The Kier molecular flexibility index (Phi) is 3.96. The van der Waals surface area contributed by atoms with E-state index in [2.05, 4.69) is 40.7 Å². The first kappa shape index (κ1) is 13.4. The molecule has 0 unspecified atom stereocenters. The fourth-order valence-corrected chi connectivity index (χ4v) is 2.12. The average Bonchev–Trinajstić information content (AvgIpc) is 3.19. The summed E-state index contributed by atoms with van der Waals surface area (Å²) in [5.74, 6) is 1.37. The van der Waals surface area contributed by atoms with Crippen LogP contribution < -0.4 is 10.6 Å². The van der Waals surface area contributed by atoms with Gasteiger partial charge in [-0.05, 0) is 6.92 Å². The molecule has 3 aromatic rings. The van der Waals surface area contributed by atoms with E-state index in [4.69, 9.17) is 0 Å². The van der Waals surface area contributed by atoms with Crippen molar-refractivity contribution in [2.75, 3.05) is 17.2 Å². The van der Waals surface area contributed by atoms with Crippen molar-refractivity contribution in [1.29, 1.82) is 0 Å². The van der Waals surface area contributed by atoms with Crippen LogP contribution >= 0.6 is 11.3 Å². The van der Waals surface area contributed by atoms with E-state index >= 15 is 0 Å². The molecule has 21 heavy (non-hydrogen) atoms. The number of nitrogens with one attached hydrogen (secondary N) is 2. The number of nitrogens with zero attached hydrogens (tertiary/aromatic N) is 7. The van der Waals surface area contributed by atoms with E-state index in [0.29, 0.717) is 24.4 Å². The molecule has 0 atom stereocenters. The fraction of sp³-hybridized carbons (Fsp3) is 0.273. The summed E-state index contributed by atoms with van der Waals surface area (Å²) in [6.45, 7) is 3.30. The zero-order chi connectivity index (χ0) is 14.5. The molecule has 0 aliphatic rings. The second-order valence-corrected chi connectivity index (χ2v) is 4.95. The average molecular weight is 303 g/mol. The van der Waals surface area contributed by atoms with Crippen LogP contribution in [-0.2, 0) is 6.54 Å². The van der Waals surface area contributed by atoms with Crippen LogP contribution in [0, 0.1) is 0 Å². The number of thiazole rings is 1. The zero-order valence-corrected chi connectivity index (χ0v) is 12.1. The van der Waals surface area contributed by atoms with Gasteiger partial charge in [-0.15, -0.1) is 11.3 Å². The molecule has 3 rings (SSSR count). The van der Waals surface area contributed by atoms with Crippen LogP contribution in [-0.4, -0.2) is 41.2 Å². The van der Waals surface area contributed by atoms with Crippen LogP contribution in [0.1, 0.15) is 11.8 Å². The van der Waals surface area contributed by atoms with Gasteiger partial charge < -0.3 is 10.6 Å². The van der Waals surface area contributed by atoms with Gasteiger partial charge >= 0.3 is 0 Å². The fourth-order valence-electron chi connectivity index (χ4n) is 1.59. The highest BCUT2D eigenvalue weighted by molar-refractivity contribution is 7.09. The normalized spacial score (nSPS) is 10.5. The summed E-state index contributed by atoms with van der Waals surface area (Å²) in [6, 6.07) is 0. The highest BCUT2D eigenvalue weighted by Crippen LogP contribution is 2.11. The zero-order valence-electron chi connectivity index (χ0n) is 11.3. The molecule has 0 radical (unpaired) electrons.